The zero-order valence-corrected chi connectivity index (χ0v) is 27.1. The second-order valence-corrected chi connectivity index (χ2v) is 36.0. The van der Waals surface area contributed by atoms with E-state index in [0.29, 0.717) is 0 Å². The van der Waals surface area contributed by atoms with Crippen LogP contribution < -0.4 is 26.5 Å². The summed E-state index contributed by atoms with van der Waals surface area (Å²) >= 11 is 0. The van der Waals surface area contributed by atoms with Crippen molar-refractivity contribution in [3.8, 4) is 0 Å². The van der Waals surface area contributed by atoms with Crippen molar-refractivity contribution < 1.29 is 0 Å². The summed E-state index contributed by atoms with van der Waals surface area (Å²) in [6, 6.07) is 58.5. The van der Waals surface area contributed by atoms with E-state index in [0.717, 1.165) is 0 Å². The Bertz CT molecular complexity index is 1400. The van der Waals surface area contributed by atoms with Crippen molar-refractivity contribution in [3.05, 3.63) is 152 Å². The van der Waals surface area contributed by atoms with Crippen molar-refractivity contribution in [3.63, 3.8) is 0 Å². The maximum atomic E-state index is 2.58. The number of rotatable bonds is 5. The van der Waals surface area contributed by atoms with Crippen LogP contribution in [0.15, 0.2) is 152 Å². The van der Waals surface area contributed by atoms with Gasteiger partial charge in [-0.05, 0) is 43.5 Å². The van der Waals surface area contributed by atoms with E-state index in [1.165, 1.54) is 0 Å². The topological polar surface area (TPSA) is 0 Å². The molecule has 39 heavy (non-hydrogen) atoms. The van der Waals surface area contributed by atoms with Crippen LogP contribution in [-0.2, 0) is 0 Å². The van der Waals surface area contributed by atoms with Gasteiger partial charge in [-0.15, -0.1) is 0 Å². The molecule has 4 unspecified atom stereocenters. The molecule has 0 aromatic heterocycles. The molecule has 0 nitrogen and oxygen atoms in total. The second kappa shape index (κ2) is 11.6. The molecule has 5 aromatic carbocycles. The molecule has 6 rings (SSSR count). The molecule has 1 saturated heterocycles. The SMILES string of the molecule is CC(C)(C)[P+]1(c2ccccc2)P(c2ccccc2)P(c2ccccc2)P(c2ccccc2)P1c1ccccc1. The summed E-state index contributed by atoms with van der Waals surface area (Å²) in [5.41, 5.74) is 0. The van der Waals surface area contributed by atoms with Crippen molar-refractivity contribution in [2.24, 2.45) is 0 Å². The Kier molecular flexibility index (Phi) is 8.17. The highest BCUT2D eigenvalue weighted by Crippen LogP contribution is 3.27. The highest BCUT2D eigenvalue weighted by Gasteiger charge is 2.74. The zero-order chi connectivity index (χ0) is 26.9. The lowest BCUT2D eigenvalue weighted by atomic mass is 10.3. The Morgan fingerprint density at radius 2 is 0.667 bits per heavy atom. The fourth-order valence-electron chi connectivity index (χ4n) is 5.53. The standard InChI is InChI=1S/C34H34P5/c1-34(2,3)39(33-27-17-8-18-28-33)37(31-23-13-6-14-24-31)35(29-19-9-4-10-20-29)36(30-21-11-5-12-22-30)38(39)32-25-15-7-16-26-32/h4-28H,1-3H3/q+1. The van der Waals surface area contributed by atoms with E-state index < -0.39 is 35.8 Å². The molecule has 1 fully saturated rings. The lowest BCUT2D eigenvalue weighted by Gasteiger charge is -2.43. The minimum atomic E-state index is -1.80. The van der Waals surface area contributed by atoms with E-state index in [1.807, 2.05) is 0 Å². The van der Waals surface area contributed by atoms with Crippen molar-refractivity contribution in [2.45, 2.75) is 25.9 Å². The summed E-state index contributed by atoms with van der Waals surface area (Å²) in [5.74, 6) is 0. The highest BCUT2D eigenvalue weighted by atomic mass is 33.0. The van der Waals surface area contributed by atoms with Crippen LogP contribution in [0.3, 0.4) is 0 Å². The van der Waals surface area contributed by atoms with Gasteiger partial charge in [0.15, 0.2) is 0 Å². The molecule has 0 saturated carbocycles. The van der Waals surface area contributed by atoms with Crippen LogP contribution in [0, 0.1) is 0 Å². The van der Waals surface area contributed by atoms with Gasteiger partial charge in [-0.1, -0.05) is 140 Å². The summed E-state index contributed by atoms with van der Waals surface area (Å²) in [7, 11) is -1.87. The van der Waals surface area contributed by atoms with E-state index in [2.05, 4.69) is 172 Å². The van der Waals surface area contributed by atoms with E-state index in [4.69, 9.17) is 0 Å². The Morgan fingerprint density at radius 1 is 0.385 bits per heavy atom. The number of hydrogen-bond donors (Lipinski definition) is 0. The van der Waals surface area contributed by atoms with Crippen LogP contribution >= 0.6 is 35.8 Å². The molecule has 0 aliphatic carbocycles. The number of hydrogen-bond acceptors (Lipinski definition) is 0. The second-order valence-electron chi connectivity index (χ2n) is 10.6. The largest absolute Gasteiger partial charge is 0.129 e. The van der Waals surface area contributed by atoms with Crippen LogP contribution in [0.4, 0.5) is 0 Å². The van der Waals surface area contributed by atoms with Gasteiger partial charge in [0.05, 0.1) is 5.16 Å². The summed E-state index contributed by atoms with van der Waals surface area (Å²) in [5, 5.41) is 8.15. The molecule has 0 radical (unpaired) electrons. The molecular weight excluding hydrogens is 563 g/mol. The van der Waals surface area contributed by atoms with Gasteiger partial charge < -0.3 is 0 Å². The first-order valence-corrected chi connectivity index (χ1v) is 24.1. The van der Waals surface area contributed by atoms with Crippen LogP contribution in [-0.4, -0.2) is 5.16 Å². The predicted octanol–water partition coefficient (Wildman–Crippen LogP) is 9.95. The van der Waals surface area contributed by atoms with Gasteiger partial charge in [0.25, 0.3) is 0 Å². The lowest BCUT2D eigenvalue weighted by molar-refractivity contribution is 0.793. The molecule has 5 heteroatoms. The fourth-order valence-corrected chi connectivity index (χ4v) is 85.9. The average molecular weight is 598 g/mol. The third-order valence-electron chi connectivity index (χ3n) is 7.09. The molecule has 194 valence electrons. The fraction of sp³-hybridized carbons (Fsp3) is 0.118. The molecule has 4 atom stereocenters. The maximum Gasteiger partial charge on any atom is 0.129 e. The van der Waals surface area contributed by atoms with Gasteiger partial charge in [0.2, 0.25) is 0 Å². The highest BCUT2D eigenvalue weighted by molar-refractivity contribution is 9.17. The van der Waals surface area contributed by atoms with Crippen LogP contribution in [0.25, 0.3) is 0 Å². The van der Waals surface area contributed by atoms with Gasteiger partial charge >= 0.3 is 0 Å². The van der Waals surface area contributed by atoms with Gasteiger partial charge in [0, 0.05) is 25.2 Å². The monoisotopic (exact) mass is 597 g/mol. The molecule has 0 spiro atoms. The molecule has 0 amide bonds. The Morgan fingerprint density at radius 3 is 0.974 bits per heavy atom. The third kappa shape index (κ3) is 4.89. The Hall–Kier alpha value is -1.75. The lowest BCUT2D eigenvalue weighted by Crippen LogP contribution is -2.28. The van der Waals surface area contributed by atoms with Crippen LogP contribution in [0.2, 0.25) is 0 Å². The van der Waals surface area contributed by atoms with Crippen molar-refractivity contribution in [2.75, 3.05) is 0 Å². The van der Waals surface area contributed by atoms with Gasteiger partial charge in [-0.2, -0.15) is 0 Å². The smallest absolute Gasteiger partial charge is 0.0622 e. The van der Waals surface area contributed by atoms with E-state index in [1.54, 1.807) is 26.5 Å². The first-order valence-electron chi connectivity index (χ1n) is 13.4. The van der Waals surface area contributed by atoms with Gasteiger partial charge in [-0.3, -0.25) is 0 Å². The maximum absolute atomic E-state index is 2.58. The normalized spacial score (nSPS) is 24.9. The first kappa shape index (κ1) is 27.4. The van der Waals surface area contributed by atoms with E-state index in [-0.39, 0.29) is 5.16 Å². The molecule has 0 N–H and O–H groups in total. The van der Waals surface area contributed by atoms with Crippen LogP contribution in [0.1, 0.15) is 20.8 Å². The minimum Gasteiger partial charge on any atom is -0.0622 e. The quantitative estimate of drug-likeness (QED) is 0.177. The van der Waals surface area contributed by atoms with Crippen LogP contribution in [0.5, 0.6) is 0 Å². The van der Waals surface area contributed by atoms with Gasteiger partial charge in [0.1, 0.15) is 26.5 Å². The molecule has 1 heterocycles. The summed E-state index contributed by atoms with van der Waals surface area (Å²) in [6.07, 6.45) is 0. The average Bonchev–Trinajstić information content (AvgIpc) is 3.33. The van der Waals surface area contributed by atoms with E-state index >= 15 is 0 Å². The van der Waals surface area contributed by atoms with Crippen molar-refractivity contribution in [1.82, 2.24) is 0 Å². The molecule has 0 bridgehead atoms. The molecule has 1 aliphatic rings. The first-order chi connectivity index (χ1) is 19.0. The summed E-state index contributed by atoms with van der Waals surface area (Å²) < 4.78 is 0. The Balaban J connectivity index is 1.79. The van der Waals surface area contributed by atoms with Gasteiger partial charge in [-0.25, -0.2) is 0 Å². The Labute approximate surface area is 239 Å². The molecule has 5 aromatic rings. The third-order valence-corrected chi connectivity index (χ3v) is 56.3. The molecule has 1 aliphatic heterocycles. The predicted molar refractivity (Wildman–Crippen MR) is 185 cm³/mol. The van der Waals surface area contributed by atoms with E-state index in [9.17, 15) is 0 Å². The summed E-state index contributed by atoms with van der Waals surface area (Å²) in [4.78, 5) is 0. The van der Waals surface area contributed by atoms with Crippen molar-refractivity contribution in [1.29, 1.82) is 0 Å². The molecular formula is C34H34P5+. The van der Waals surface area contributed by atoms with Crippen molar-refractivity contribution >= 4 is 62.4 Å². The summed E-state index contributed by atoms with van der Waals surface area (Å²) in [6.45, 7) is 5.93. The zero-order valence-electron chi connectivity index (χ0n) is 22.7. The number of benzene rings is 5. The minimum absolute atomic E-state index is 0.151.